The average molecular weight is 299 g/mol. The van der Waals surface area contributed by atoms with E-state index in [1.165, 1.54) is 0 Å². The highest BCUT2D eigenvalue weighted by atomic mass is 15.3. The van der Waals surface area contributed by atoms with Gasteiger partial charge in [-0.1, -0.05) is 48.5 Å². The van der Waals surface area contributed by atoms with Crippen molar-refractivity contribution in [3.8, 4) is 0 Å². The molecule has 0 saturated carbocycles. The number of benzene rings is 2. The second-order valence-electron chi connectivity index (χ2n) is 5.08. The standard InChI is InChI=1S/C18H13N5/c1-3-7-16-14(6-1)11-19-22-18(16)23-20-12-15-10-9-13-5-2-4-8-17(13)21-15/h1-12H,(H,22,23). The summed E-state index contributed by atoms with van der Waals surface area (Å²) in [6.07, 6.45) is 3.41. The molecular weight excluding hydrogens is 286 g/mol. The first-order chi connectivity index (χ1) is 11.4. The predicted octanol–water partition coefficient (Wildman–Crippen LogP) is 3.62. The van der Waals surface area contributed by atoms with E-state index in [1.807, 2.05) is 60.7 Å². The van der Waals surface area contributed by atoms with Crippen LogP contribution >= 0.6 is 0 Å². The number of rotatable bonds is 3. The van der Waals surface area contributed by atoms with Crippen LogP contribution in [0.3, 0.4) is 0 Å². The van der Waals surface area contributed by atoms with Crippen molar-refractivity contribution < 1.29 is 0 Å². The van der Waals surface area contributed by atoms with Gasteiger partial charge in [0.2, 0.25) is 0 Å². The Kier molecular flexibility index (Phi) is 3.37. The summed E-state index contributed by atoms with van der Waals surface area (Å²) in [5.74, 6) is 0.625. The van der Waals surface area contributed by atoms with Gasteiger partial charge in [0.1, 0.15) is 0 Å². The normalized spacial score (nSPS) is 11.3. The number of anilines is 1. The number of hydrazone groups is 1. The molecule has 2 aromatic carbocycles. The van der Waals surface area contributed by atoms with Gasteiger partial charge >= 0.3 is 0 Å². The topological polar surface area (TPSA) is 63.1 Å². The molecule has 1 N–H and O–H groups in total. The van der Waals surface area contributed by atoms with Crippen LogP contribution in [0.2, 0.25) is 0 Å². The minimum atomic E-state index is 0.625. The molecular formula is C18H13N5. The first kappa shape index (κ1) is 13.3. The zero-order valence-electron chi connectivity index (χ0n) is 12.2. The quantitative estimate of drug-likeness (QED) is 0.463. The Morgan fingerprint density at radius 2 is 1.70 bits per heavy atom. The van der Waals surface area contributed by atoms with E-state index in [0.717, 1.165) is 27.4 Å². The molecule has 0 aliphatic heterocycles. The third-order valence-electron chi connectivity index (χ3n) is 3.56. The molecule has 0 aliphatic carbocycles. The highest BCUT2D eigenvalue weighted by Crippen LogP contribution is 2.19. The van der Waals surface area contributed by atoms with E-state index >= 15 is 0 Å². The van der Waals surface area contributed by atoms with E-state index in [0.29, 0.717) is 5.82 Å². The molecule has 0 unspecified atom stereocenters. The fourth-order valence-corrected chi connectivity index (χ4v) is 2.42. The summed E-state index contributed by atoms with van der Waals surface area (Å²) in [6.45, 7) is 0. The molecule has 23 heavy (non-hydrogen) atoms. The Morgan fingerprint density at radius 1 is 0.870 bits per heavy atom. The first-order valence-corrected chi connectivity index (χ1v) is 7.25. The smallest absolute Gasteiger partial charge is 0.176 e. The molecule has 2 aromatic heterocycles. The number of hydrogen-bond donors (Lipinski definition) is 1. The second kappa shape index (κ2) is 5.81. The molecule has 4 aromatic rings. The predicted molar refractivity (Wildman–Crippen MR) is 92.5 cm³/mol. The second-order valence-corrected chi connectivity index (χ2v) is 5.08. The summed E-state index contributed by atoms with van der Waals surface area (Å²) in [6, 6.07) is 19.9. The number of fused-ring (bicyclic) bond motifs is 2. The number of para-hydroxylation sites is 1. The molecule has 2 heterocycles. The molecule has 0 saturated heterocycles. The molecule has 0 spiro atoms. The SMILES string of the molecule is C(=NNc1nncc2ccccc12)c1ccc2ccccc2n1. The van der Waals surface area contributed by atoms with Crippen LogP contribution < -0.4 is 5.43 Å². The van der Waals surface area contributed by atoms with Crippen LogP contribution in [0.25, 0.3) is 21.7 Å². The molecule has 0 fully saturated rings. The van der Waals surface area contributed by atoms with E-state index in [2.05, 4.69) is 25.7 Å². The van der Waals surface area contributed by atoms with Crippen LogP contribution in [-0.2, 0) is 0 Å². The Balaban J connectivity index is 1.60. The number of nitrogens with zero attached hydrogens (tertiary/aromatic N) is 4. The molecule has 0 bridgehead atoms. The number of aromatic nitrogens is 3. The fourth-order valence-electron chi connectivity index (χ4n) is 2.42. The van der Waals surface area contributed by atoms with Gasteiger partial charge in [0, 0.05) is 16.2 Å². The van der Waals surface area contributed by atoms with E-state index < -0.39 is 0 Å². The van der Waals surface area contributed by atoms with E-state index in [-0.39, 0.29) is 0 Å². The Hall–Kier alpha value is -3.34. The summed E-state index contributed by atoms with van der Waals surface area (Å²) in [4.78, 5) is 4.54. The average Bonchev–Trinajstić information content (AvgIpc) is 2.62. The number of nitrogens with one attached hydrogen (secondary N) is 1. The lowest BCUT2D eigenvalue weighted by Crippen LogP contribution is -1.97. The van der Waals surface area contributed by atoms with Crippen molar-refractivity contribution in [3.05, 3.63) is 72.6 Å². The maximum atomic E-state index is 4.54. The Bertz CT molecular complexity index is 1000. The molecule has 4 rings (SSSR count). The van der Waals surface area contributed by atoms with E-state index in [1.54, 1.807) is 12.4 Å². The number of pyridine rings is 1. The van der Waals surface area contributed by atoms with Crippen molar-refractivity contribution in [2.24, 2.45) is 5.10 Å². The summed E-state index contributed by atoms with van der Waals surface area (Å²) in [7, 11) is 0. The van der Waals surface area contributed by atoms with Crippen LogP contribution in [0.15, 0.2) is 72.0 Å². The minimum Gasteiger partial charge on any atom is -0.259 e. The van der Waals surface area contributed by atoms with Crippen molar-refractivity contribution in [3.63, 3.8) is 0 Å². The zero-order chi connectivity index (χ0) is 15.5. The van der Waals surface area contributed by atoms with Gasteiger partial charge in [0.05, 0.1) is 23.6 Å². The Labute approximate surface area is 132 Å². The lowest BCUT2D eigenvalue weighted by Gasteiger charge is -2.03. The van der Waals surface area contributed by atoms with Crippen LogP contribution in [0.4, 0.5) is 5.82 Å². The lowest BCUT2D eigenvalue weighted by atomic mass is 10.2. The lowest BCUT2D eigenvalue weighted by molar-refractivity contribution is 1.04. The van der Waals surface area contributed by atoms with E-state index in [4.69, 9.17) is 0 Å². The van der Waals surface area contributed by atoms with Crippen LogP contribution in [-0.4, -0.2) is 21.4 Å². The molecule has 0 atom stereocenters. The van der Waals surface area contributed by atoms with Gasteiger partial charge in [-0.05, 0) is 12.1 Å². The Morgan fingerprint density at radius 3 is 2.65 bits per heavy atom. The first-order valence-electron chi connectivity index (χ1n) is 7.25. The number of hydrogen-bond acceptors (Lipinski definition) is 5. The summed E-state index contributed by atoms with van der Waals surface area (Å²) in [5, 5.41) is 15.4. The van der Waals surface area contributed by atoms with Gasteiger partial charge in [0.15, 0.2) is 5.82 Å². The van der Waals surface area contributed by atoms with Crippen molar-refractivity contribution in [2.45, 2.75) is 0 Å². The largest absolute Gasteiger partial charge is 0.259 e. The maximum absolute atomic E-state index is 4.54. The van der Waals surface area contributed by atoms with Crippen LogP contribution in [0.5, 0.6) is 0 Å². The van der Waals surface area contributed by atoms with Gasteiger partial charge < -0.3 is 0 Å². The molecule has 110 valence electrons. The van der Waals surface area contributed by atoms with Gasteiger partial charge in [-0.25, -0.2) is 4.98 Å². The van der Waals surface area contributed by atoms with Gasteiger partial charge in [-0.2, -0.15) is 10.2 Å². The summed E-state index contributed by atoms with van der Waals surface area (Å²) >= 11 is 0. The third kappa shape index (κ3) is 2.72. The van der Waals surface area contributed by atoms with Crippen molar-refractivity contribution in [2.75, 3.05) is 5.43 Å². The molecule has 0 aliphatic rings. The summed E-state index contributed by atoms with van der Waals surface area (Å²) in [5.41, 5.74) is 4.67. The molecule has 5 heteroatoms. The van der Waals surface area contributed by atoms with Crippen LogP contribution in [0, 0.1) is 0 Å². The molecule has 5 nitrogen and oxygen atoms in total. The monoisotopic (exact) mass is 299 g/mol. The molecule has 0 radical (unpaired) electrons. The summed E-state index contributed by atoms with van der Waals surface area (Å²) < 4.78 is 0. The zero-order valence-corrected chi connectivity index (χ0v) is 12.2. The van der Waals surface area contributed by atoms with Gasteiger partial charge in [-0.15, -0.1) is 5.10 Å². The fraction of sp³-hybridized carbons (Fsp3) is 0. The molecule has 0 amide bonds. The maximum Gasteiger partial charge on any atom is 0.176 e. The highest BCUT2D eigenvalue weighted by Gasteiger charge is 2.01. The van der Waals surface area contributed by atoms with Gasteiger partial charge in [0.25, 0.3) is 0 Å². The third-order valence-corrected chi connectivity index (χ3v) is 3.56. The van der Waals surface area contributed by atoms with Gasteiger partial charge in [-0.3, -0.25) is 5.43 Å². The van der Waals surface area contributed by atoms with E-state index in [9.17, 15) is 0 Å². The van der Waals surface area contributed by atoms with Crippen molar-refractivity contribution in [1.29, 1.82) is 0 Å². The van der Waals surface area contributed by atoms with Crippen LogP contribution in [0.1, 0.15) is 5.69 Å². The minimum absolute atomic E-state index is 0.625. The van der Waals surface area contributed by atoms with Crippen molar-refractivity contribution in [1.82, 2.24) is 15.2 Å². The van der Waals surface area contributed by atoms with Crippen molar-refractivity contribution >= 4 is 33.7 Å². The highest BCUT2D eigenvalue weighted by molar-refractivity contribution is 5.91.